The molecule has 2 N–H and O–H groups in total. The fraction of sp³-hybridized carbons (Fsp3) is 0.235. The Kier molecular flexibility index (Phi) is 3.41. The highest BCUT2D eigenvalue weighted by Crippen LogP contribution is 2.35. The molecule has 122 valence electrons. The van der Waals surface area contributed by atoms with Crippen molar-refractivity contribution >= 4 is 22.8 Å². The number of fused-ring (bicyclic) bond motifs is 1. The SMILES string of the molecule is COc1ccccc1-c1[nH]nc2nc(NC(=O)[C@@H]3C[C@@H]3F)ccc12. The van der Waals surface area contributed by atoms with Gasteiger partial charge in [0.25, 0.3) is 0 Å². The number of halogens is 1. The van der Waals surface area contributed by atoms with Crippen molar-refractivity contribution in [3.8, 4) is 17.0 Å². The van der Waals surface area contributed by atoms with Gasteiger partial charge < -0.3 is 10.1 Å². The molecule has 4 rings (SSSR count). The fourth-order valence-electron chi connectivity index (χ4n) is 2.68. The van der Waals surface area contributed by atoms with Crippen molar-refractivity contribution in [3.63, 3.8) is 0 Å². The van der Waals surface area contributed by atoms with Crippen LogP contribution in [0.25, 0.3) is 22.3 Å². The lowest BCUT2D eigenvalue weighted by Gasteiger charge is -2.06. The molecule has 0 radical (unpaired) electrons. The van der Waals surface area contributed by atoms with Gasteiger partial charge in [-0.1, -0.05) is 12.1 Å². The van der Waals surface area contributed by atoms with E-state index in [1.807, 2.05) is 30.3 Å². The highest BCUT2D eigenvalue weighted by atomic mass is 19.1. The van der Waals surface area contributed by atoms with Gasteiger partial charge >= 0.3 is 0 Å². The average Bonchev–Trinajstić information content (AvgIpc) is 3.19. The van der Waals surface area contributed by atoms with Crippen LogP contribution in [0.2, 0.25) is 0 Å². The molecular weight excluding hydrogens is 311 g/mol. The molecule has 6 nitrogen and oxygen atoms in total. The number of ether oxygens (including phenoxy) is 1. The second-order valence-corrected chi connectivity index (χ2v) is 5.71. The summed E-state index contributed by atoms with van der Waals surface area (Å²) < 4.78 is 18.3. The Morgan fingerprint density at radius 2 is 2.12 bits per heavy atom. The Labute approximate surface area is 137 Å². The maximum absolute atomic E-state index is 12.9. The molecule has 3 aromatic rings. The van der Waals surface area contributed by atoms with Crippen molar-refractivity contribution in [1.29, 1.82) is 0 Å². The zero-order valence-electron chi connectivity index (χ0n) is 12.9. The number of para-hydroxylation sites is 1. The van der Waals surface area contributed by atoms with E-state index < -0.39 is 12.1 Å². The first-order chi connectivity index (χ1) is 11.7. The van der Waals surface area contributed by atoms with E-state index in [1.54, 1.807) is 13.2 Å². The van der Waals surface area contributed by atoms with Gasteiger partial charge in [-0.05, 0) is 30.7 Å². The molecule has 1 amide bonds. The summed E-state index contributed by atoms with van der Waals surface area (Å²) in [6, 6.07) is 11.1. The van der Waals surface area contributed by atoms with Gasteiger partial charge in [0.1, 0.15) is 17.7 Å². The highest BCUT2D eigenvalue weighted by molar-refractivity contribution is 5.97. The summed E-state index contributed by atoms with van der Waals surface area (Å²) in [4.78, 5) is 16.1. The second kappa shape index (κ2) is 5.59. The van der Waals surface area contributed by atoms with E-state index in [0.717, 1.165) is 22.4 Å². The molecule has 0 unspecified atom stereocenters. The van der Waals surface area contributed by atoms with Gasteiger partial charge in [0.2, 0.25) is 5.91 Å². The van der Waals surface area contributed by atoms with Crippen LogP contribution in [0.3, 0.4) is 0 Å². The maximum Gasteiger partial charge on any atom is 0.231 e. The Morgan fingerprint density at radius 3 is 2.88 bits per heavy atom. The quantitative estimate of drug-likeness (QED) is 0.772. The van der Waals surface area contributed by atoms with Gasteiger partial charge in [0, 0.05) is 10.9 Å². The van der Waals surface area contributed by atoms with E-state index in [-0.39, 0.29) is 12.3 Å². The van der Waals surface area contributed by atoms with Crippen molar-refractivity contribution in [3.05, 3.63) is 36.4 Å². The lowest BCUT2D eigenvalue weighted by molar-refractivity contribution is -0.117. The van der Waals surface area contributed by atoms with Gasteiger partial charge in [-0.15, -0.1) is 0 Å². The van der Waals surface area contributed by atoms with E-state index in [1.165, 1.54) is 0 Å². The highest BCUT2D eigenvalue weighted by Gasteiger charge is 2.43. The third-order valence-corrected chi connectivity index (χ3v) is 4.09. The maximum atomic E-state index is 12.9. The summed E-state index contributed by atoms with van der Waals surface area (Å²) in [5, 5.41) is 10.6. The number of carbonyl (C=O) groups is 1. The third kappa shape index (κ3) is 2.47. The van der Waals surface area contributed by atoms with Gasteiger partial charge in [0.15, 0.2) is 5.65 Å². The van der Waals surface area contributed by atoms with Crippen LogP contribution in [0.15, 0.2) is 36.4 Å². The van der Waals surface area contributed by atoms with Crippen LogP contribution in [0.4, 0.5) is 10.2 Å². The first-order valence-electron chi connectivity index (χ1n) is 7.61. The fourth-order valence-corrected chi connectivity index (χ4v) is 2.68. The molecule has 0 aliphatic heterocycles. The van der Waals surface area contributed by atoms with Crippen LogP contribution in [0.1, 0.15) is 6.42 Å². The topological polar surface area (TPSA) is 79.9 Å². The van der Waals surface area contributed by atoms with Gasteiger partial charge in [-0.25, -0.2) is 9.37 Å². The number of nitrogens with one attached hydrogen (secondary N) is 2. The molecule has 24 heavy (non-hydrogen) atoms. The molecule has 0 bridgehead atoms. The largest absolute Gasteiger partial charge is 0.496 e. The van der Waals surface area contributed by atoms with Crippen LogP contribution in [0.5, 0.6) is 5.75 Å². The molecule has 0 saturated heterocycles. The predicted molar refractivity (Wildman–Crippen MR) is 87.5 cm³/mol. The van der Waals surface area contributed by atoms with Crippen molar-refractivity contribution in [2.45, 2.75) is 12.6 Å². The summed E-state index contributed by atoms with van der Waals surface area (Å²) >= 11 is 0. The first-order valence-corrected chi connectivity index (χ1v) is 7.61. The summed E-state index contributed by atoms with van der Waals surface area (Å²) in [6.45, 7) is 0. The molecule has 7 heteroatoms. The number of hydrogen-bond donors (Lipinski definition) is 2. The Balaban J connectivity index is 1.67. The first kappa shape index (κ1) is 14.6. The van der Waals surface area contributed by atoms with E-state index >= 15 is 0 Å². The number of pyridine rings is 1. The normalized spacial score (nSPS) is 19.2. The molecule has 1 aliphatic rings. The van der Waals surface area contributed by atoms with E-state index in [9.17, 15) is 9.18 Å². The molecule has 2 heterocycles. The number of H-pyrrole nitrogens is 1. The zero-order chi connectivity index (χ0) is 16.7. The number of anilines is 1. The summed E-state index contributed by atoms with van der Waals surface area (Å²) in [6.07, 6.45) is -0.745. The molecule has 1 aliphatic carbocycles. The predicted octanol–water partition coefficient (Wildman–Crippen LogP) is 2.93. The number of aromatic amines is 1. The van der Waals surface area contributed by atoms with Crippen LogP contribution < -0.4 is 10.1 Å². The van der Waals surface area contributed by atoms with Crippen molar-refractivity contribution in [2.24, 2.45) is 5.92 Å². The van der Waals surface area contributed by atoms with E-state index in [2.05, 4.69) is 20.5 Å². The monoisotopic (exact) mass is 326 g/mol. The number of benzene rings is 1. The second-order valence-electron chi connectivity index (χ2n) is 5.71. The summed E-state index contributed by atoms with van der Waals surface area (Å²) in [7, 11) is 1.61. The van der Waals surface area contributed by atoms with Crippen molar-refractivity contribution in [2.75, 3.05) is 12.4 Å². The number of methoxy groups -OCH3 is 1. The number of hydrogen-bond acceptors (Lipinski definition) is 4. The van der Waals surface area contributed by atoms with Gasteiger partial charge in [-0.2, -0.15) is 5.10 Å². The van der Waals surface area contributed by atoms with E-state index in [4.69, 9.17) is 4.74 Å². The van der Waals surface area contributed by atoms with Gasteiger partial charge in [-0.3, -0.25) is 9.89 Å². The van der Waals surface area contributed by atoms with Crippen molar-refractivity contribution in [1.82, 2.24) is 15.2 Å². The lowest BCUT2D eigenvalue weighted by atomic mass is 10.1. The molecule has 2 atom stereocenters. The minimum absolute atomic E-state index is 0.286. The molecule has 1 saturated carbocycles. The average molecular weight is 326 g/mol. The number of aromatic nitrogens is 3. The van der Waals surface area contributed by atoms with Crippen LogP contribution in [-0.2, 0) is 4.79 Å². The lowest BCUT2D eigenvalue weighted by Crippen LogP contribution is -2.15. The molecule has 2 aromatic heterocycles. The van der Waals surface area contributed by atoms with Crippen LogP contribution in [0, 0.1) is 5.92 Å². The Bertz CT molecular complexity index is 924. The minimum atomic E-state index is -1.03. The Hall–Kier alpha value is -2.96. The number of nitrogens with zero attached hydrogens (tertiary/aromatic N) is 2. The van der Waals surface area contributed by atoms with Gasteiger partial charge in [0.05, 0.1) is 18.7 Å². The number of alkyl halides is 1. The standard InChI is InChI=1S/C17H15FN4O2/c1-24-13-5-3-2-4-9(13)15-10-6-7-14(19-16(10)22-21-15)20-17(23)11-8-12(11)18/h2-7,11-12H,8H2,1H3,(H2,19,20,21,22,23)/t11-,12+/m1/s1. The number of rotatable bonds is 4. The van der Waals surface area contributed by atoms with E-state index in [0.29, 0.717) is 11.5 Å². The van der Waals surface area contributed by atoms with Crippen molar-refractivity contribution < 1.29 is 13.9 Å². The summed E-state index contributed by atoms with van der Waals surface area (Å²) in [5.74, 6) is 0.202. The van der Waals surface area contributed by atoms with Crippen LogP contribution in [-0.4, -0.2) is 34.4 Å². The smallest absolute Gasteiger partial charge is 0.231 e. The molecule has 1 fully saturated rings. The molecule has 1 aromatic carbocycles. The number of amides is 1. The van der Waals surface area contributed by atoms with Crippen LogP contribution >= 0.6 is 0 Å². The minimum Gasteiger partial charge on any atom is -0.496 e. The molecular formula is C17H15FN4O2. The molecule has 0 spiro atoms. The zero-order valence-corrected chi connectivity index (χ0v) is 12.9. The number of carbonyl (C=O) groups excluding carboxylic acids is 1. The summed E-state index contributed by atoms with van der Waals surface area (Å²) in [5.41, 5.74) is 2.14. The third-order valence-electron chi connectivity index (χ3n) is 4.09. The Morgan fingerprint density at radius 1 is 1.33 bits per heavy atom.